The Morgan fingerprint density at radius 3 is 2.56 bits per heavy atom. The third-order valence-electron chi connectivity index (χ3n) is 5.46. The predicted molar refractivity (Wildman–Crippen MR) is 136 cm³/mol. The molecule has 0 N–H and O–H groups in total. The molecular weight excluding hydrogens is 480 g/mol. The van der Waals surface area contributed by atoms with Gasteiger partial charge in [-0.2, -0.15) is 0 Å². The molecule has 0 unspecified atom stereocenters. The topological polar surface area (TPSA) is 96.2 Å². The van der Waals surface area contributed by atoms with E-state index in [9.17, 15) is 14.4 Å². The van der Waals surface area contributed by atoms with Crippen molar-refractivity contribution in [2.75, 3.05) is 13.7 Å². The van der Waals surface area contributed by atoms with Crippen LogP contribution in [0.1, 0.15) is 31.0 Å². The predicted octanol–water partition coefficient (Wildman–Crippen LogP) is 2.90. The number of hydrogen-bond donors (Lipinski definition) is 0. The largest absolute Gasteiger partial charge is 0.496 e. The molecule has 1 atom stereocenters. The van der Waals surface area contributed by atoms with Gasteiger partial charge in [-0.15, -0.1) is 0 Å². The minimum absolute atomic E-state index is 0.0198. The Hall–Kier alpha value is -4.24. The molecule has 2 aromatic carbocycles. The van der Waals surface area contributed by atoms with Crippen LogP contribution in [0.4, 0.5) is 0 Å². The zero-order chi connectivity index (χ0) is 25.8. The van der Waals surface area contributed by atoms with Crippen molar-refractivity contribution in [2.45, 2.75) is 19.9 Å². The Balaban J connectivity index is 1.91. The number of fused-ring (bicyclic) bond motifs is 1. The summed E-state index contributed by atoms with van der Waals surface area (Å²) in [5.74, 6) is -0.0575. The molecule has 0 amide bonds. The highest BCUT2D eigenvalue weighted by Gasteiger charge is 2.33. The van der Waals surface area contributed by atoms with Crippen LogP contribution in [0.2, 0.25) is 0 Å². The lowest BCUT2D eigenvalue weighted by atomic mass is 9.96. The summed E-state index contributed by atoms with van der Waals surface area (Å²) in [7, 11) is 1.57. The number of benzene rings is 2. The second kappa shape index (κ2) is 10.6. The first kappa shape index (κ1) is 24.9. The van der Waals surface area contributed by atoms with E-state index in [2.05, 4.69) is 11.6 Å². The first-order valence-electron chi connectivity index (χ1n) is 11.1. The molecular formula is C27H24N2O6S. The number of nitrogens with zero attached hydrogens (tertiary/aromatic N) is 2. The summed E-state index contributed by atoms with van der Waals surface area (Å²) in [6, 6.07) is 13.2. The van der Waals surface area contributed by atoms with Crippen molar-refractivity contribution in [3.8, 4) is 11.5 Å². The number of carbonyl (C=O) groups excluding carboxylic acids is 2. The van der Waals surface area contributed by atoms with Gasteiger partial charge >= 0.3 is 11.9 Å². The van der Waals surface area contributed by atoms with Crippen molar-refractivity contribution in [3.05, 3.63) is 103 Å². The third-order valence-corrected chi connectivity index (χ3v) is 6.44. The summed E-state index contributed by atoms with van der Waals surface area (Å²) < 4.78 is 17.8. The molecule has 4 rings (SSSR count). The molecule has 9 heteroatoms. The van der Waals surface area contributed by atoms with E-state index in [-0.39, 0.29) is 17.7 Å². The van der Waals surface area contributed by atoms with Crippen LogP contribution < -0.4 is 24.4 Å². The summed E-state index contributed by atoms with van der Waals surface area (Å²) >= 11 is 1.22. The van der Waals surface area contributed by atoms with Crippen LogP contribution in [0.5, 0.6) is 11.5 Å². The van der Waals surface area contributed by atoms with Crippen LogP contribution in [0.25, 0.3) is 6.08 Å². The number of carbonyl (C=O) groups is 2. The molecule has 8 nitrogen and oxygen atoms in total. The first-order valence-corrected chi connectivity index (χ1v) is 11.9. The van der Waals surface area contributed by atoms with Gasteiger partial charge in [0.25, 0.3) is 5.56 Å². The summed E-state index contributed by atoms with van der Waals surface area (Å²) in [4.78, 5) is 43.1. The average molecular weight is 505 g/mol. The summed E-state index contributed by atoms with van der Waals surface area (Å²) in [6.07, 6.45) is 3.22. The Morgan fingerprint density at radius 1 is 1.17 bits per heavy atom. The molecule has 3 aromatic rings. The van der Waals surface area contributed by atoms with Crippen LogP contribution >= 0.6 is 11.3 Å². The number of aromatic nitrogens is 1. The van der Waals surface area contributed by atoms with Crippen molar-refractivity contribution in [1.29, 1.82) is 0 Å². The molecule has 0 bridgehead atoms. The minimum atomic E-state index is -0.787. The summed E-state index contributed by atoms with van der Waals surface area (Å²) in [5.41, 5.74) is 1.77. The molecule has 184 valence electrons. The maximum Gasteiger partial charge on any atom is 0.338 e. The highest BCUT2D eigenvalue weighted by molar-refractivity contribution is 7.07. The third kappa shape index (κ3) is 4.92. The van der Waals surface area contributed by atoms with Gasteiger partial charge in [0, 0.05) is 12.5 Å². The van der Waals surface area contributed by atoms with E-state index in [0.717, 1.165) is 5.56 Å². The highest BCUT2D eigenvalue weighted by Crippen LogP contribution is 2.31. The average Bonchev–Trinajstić information content (AvgIpc) is 3.16. The molecule has 0 saturated heterocycles. The molecule has 36 heavy (non-hydrogen) atoms. The fraction of sp³-hybridized carbons (Fsp3) is 0.185. The molecule has 0 saturated carbocycles. The minimum Gasteiger partial charge on any atom is -0.496 e. The van der Waals surface area contributed by atoms with Gasteiger partial charge in [0.15, 0.2) is 4.80 Å². The number of methoxy groups -OCH3 is 1. The molecule has 0 aliphatic carbocycles. The van der Waals surface area contributed by atoms with Crippen LogP contribution in [0, 0.1) is 0 Å². The lowest BCUT2D eigenvalue weighted by Crippen LogP contribution is -2.39. The Kier molecular flexibility index (Phi) is 7.30. The second-order valence-electron chi connectivity index (χ2n) is 7.87. The Labute approximate surface area is 211 Å². The number of para-hydroxylation sites is 1. The zero-order valence-corrected chi connectivity index (χ0v) is 20.8. The molecule has 2 heterocycles. The van der Waals surface area contributed by atoms with Gasteiger partial charge in [-0.05, 0) is 36.8 Å². The highest BCUT2D eigenvalue weighted by atomic mass is 32.1. The van der Waals surface area contributed by atoms with E-state index in [1.807, 2.05) is 24.3 Å². The van der Waals surface area contributed by atoms with Gasteiger partial charge in [0.05, 0.1) is 29.0 Å². The van der Waals surface area contributed by atoms with E-state index < -0.39 is 18.0 Å². The lowest BCUT2D eigenvalue weighted by Gasteiger charge is -2.24. The SMILES string of the molecule is C=CCOC(=O)C1=C(C)N=c2s/c(=C\c3ccccc3OC)c(=O)n2[C@H]1c1ccc(OC(C)=O)cc1. The number of hydrogen-bond acceptors (Lipinski definition) is 8. The number of allylic oxidation sites excluding steroid dienone is 1. The van der Waals surface area contributed by atoms with Gasteiger partial charge in [0.2, 0.25) is 0 Å². The van der Waals surface area contributed by atoms with Crippen LogP contribution in [0.3, 0.4) is 0 Å². The second-order valence-corrected chi connectivity index (χ2v) is 8.88. The maximum absolute atomic E-state index is 13.7. The van der Waals surface area contributed by atoms with E-state index in [1.165, 1.54) is 28.9 Å². The van der Waals surface area contributed by atoms with Gasteiger partial charge in [0.1, 0.15) is 18.1 Å². The number of ether oxygens (including phenoxy) is 3. The van der Waals surface area contributed by atoms with Crippen molar-refractivity contribution >= 4 is 29.4 Å². The normalized spacial score (nSPS) is 15.1. The fourth-order valence-corrected chi connectivity index (χ4v) is 4.96. The van der Waals surface area contributed by atoms with Crippen LogP contribution in [0.15, 0.2) is 82.2 Å². The van der Waals surface area contributed by atoms with Gasteiger partial charge in [-0.3, -0.25) is 14.2 Å². The zero-order valence-electron chi connectivity index (χ0n) is 20.0. The monoisotopic (exact) mass is 504 g/mol. The van der Waals surface area contributed by atoms with Crippen LogP contribution in [-0.2, 0) is 14.3 Å². The van der Waals surface area contributed by atoms with Crippen molar-refractivity contribution < 1.29 is 23.8 Å². The maximum atomic E-state index is 13.7. The summed E-state index contributed by atoms with van der Waals surface area (Å²) in [5, 5.41) is 0. The smallest absolute Gasteiger partial charge is 0.338 e. The van der Waals surface area contributed by atoms with E-state index in [1.54, 1.807) is 44.4 Å². The quantitative estimate of drug-likeness (QED) is 0.279. The van der Waals surface area contributed by atoms with Crippen molar-refractivity contribution in [2.24, 2.45) is 4.99 Å². The van der Waals surface area contributed by atoms with Gasteiger partial charge in [-0.25, -0.2) is 9.79 Å². The molecule has 0 fully saturated rings. The Bertz CT molecular complexity index is 1550. The first-order chi connectivity index (χ1) is 17.3. The number of thiazole rings is 1. The number of rotatable bonds is 7. The van der Waals surface area contributed by atoms with Crippen LogP contribution in [-0.4, -0.2) is 30.2 Å². The van der Waals surface area contributed by atoms with E-state index in [0.29, 0.717) is 32.1 Å². The molecule has 1 aliphatic rings. The van der Waals surface area contributed by atoms with E-state index in [4.69, 9.17) is 14.2 Å². The molecule has 0 radical (unpaired) electrons. The standard InChI is InChI=1S/C27H24N2O6S/c1-5-14-34-26(32)23-16(2)28-27-29(24(23)18-10-12-20(13-11-18)35-17(3)30)25(31)22(36-27)15-19-8-6-7-9-21(19)33-4/h5-13,15,24H,1,14H2,2-4H3/b22-15-/t24-/m0/s1. The van der Waals surface area contributed by atoms with Crippen molar-refractivity contribution in [1.82, 2.24) is 4.57 Å². The summed E-state index contributed by atoms with van der Waals surface area (Å²) in [6.45, 7) is 6.63. The fourth-order valence-electron chi connectivity index (χ4n) is 3.92. The number of esters is 2. The Morgan fingerprint density at radius 2 is 1.89 bits per heavy atom. The van der Waals surface area contributed by atoms with Crippen molar-refractivity contribution in [3.63, 3.8) is 0 Å². The molecule has 1 aromatic heterocycles. The lowest BCUT2D eigenvalue weighted by molar-refractivity contribution is -0.138. The van der Waals surface area contributed by atoms with Gasteiger partial charge < -0.3 is 14.2 Å². The van der Waals surface area contributed by atoms with E-state index >= 15 is 0 Å². The van der Waals surface area contributed by atoms with Gasteiger partial charge in [-0.1, -0.05) is 54.3 Å². The molecule has 1 aliphatic heterocycles. The molecule has 0 spiro atoms.